The summed E-state index contributed by atoms with van der Waals surface area (Å²) < 4.78 is 6.59. The normalized spacial score (nSPS) is 11.6. The standard InChI is InChI=1S/C14H12BrN3O/c1-9(11-4-2-10(7-16)3-5-11)19-13-6-12(15)8-18-14(13)17/h2-6,8-9H,1H3,(H2,17,18)/t9-/m1/s1. The Hall–Kier alpha value is -2.06. The van der Waals surface area contributed by atoms with Gasteiger partial charge in [0.2, 0.25) is 0 Å². The van der Waals surface area contributed by atoms with E-state index in [-0.39, 0.29) is 6.10 Å². The summed E-state index contributed by atoms with van der Waals surface area (Å²) in [5.41, 5.74) is 7.36. The van der Waals surface area contributed by atoms with Crippen molar-refractivity contribution in [2.24, 2.45) is 0 Å². The number of anilines is 1. The molecule has 0 unspecified atom stereocenters. The zero-order chi connectivity index (χ0) is 13.8. The second-order valence-corrected chi connectivity index (χ2v) is 4.95. The number of halogens is 1. The van der Waals surface area contributed by atoms with Gasteiger partial charge in [0.1, 0.15) is 6.10 Å². The first-order valence-electron chi connectivity index (χ1n) is 5.68. The molecule has 2 rings (SSSR count). The molecule has 1 atom stereocenters. The smallest absolute Gasteiger partial charge is 0.166 e. The summed E-state index contributed by atoms with van der Waals surface area (Å²) in [7, 11) is 0. The van der Waals surface area contributed by atoms with Crippen molar-refractivity contribution in [2.45, 2.75) is 13.0 Å². The lowest BCUT2D eigenvalue weighted by atomic mass is 10.1. The molecule has 5 heteroatoms. The lowest BCUT2D eigenvalue weighted by molar-refractivity contribution is 0.227. The van der Waals surface area contributed by atoms with E-state index in [1.807, 2.05) is 19.1 Å². The summed E-state index contributed by atoms with van der Waals surface area (Å²) >= 11 is 3.33. The van der Waals surface area contributed by atoms with Crippen molar-refractivity contribution in [1.82, 2.24) is 4.98 Å². The lowest BCUT2D eigenvalue weighted by Gasteiger charge is -2.16. The minimum Gasteiger partial charge on any atom is -0.482 e. The second-order valence-electron chi connectivity index (χ2n) is 4.03. The zero-order valence-corrected chi connectivity index (χ0v) is 11.9. The van der Waals surface area contributed by atoms with Crippen LogP contribution < -0.4 is 10.5 Å². The zero-order valence-electron chi connectivity index (χ0n) is 10.3. The largest absolute Gasteiger partial charge is 0.482 e. The highest BCUT2D eigenvalue weighted by Gasteiger charge is 2.10. The molecule has 0 amide bonds. The van der Waals surface area contributed by atoms with E-state index in [1.165, 1.54) is 0 Å². The number of nitriles is 1. The minimum absolute atomic E-state index is 0.175. The van der Waals surface area contributed by atoms with Gasteiger partial charge in [-0.25, -0.2) is 4.98 Å². The van der Waals surface area contributed by atoms with Crippen molar-refractivity contribution < 1.29 is 4.74 Å². The topological polar surface area (TPSA) is 71.9 Å². The highest BCUT2D eigenvalue weighted by Crippen LogP contribution is 2.28. The summed E-state index contributed by atoms with van der Waals surface area (Å²) in [6.45, 7) is 1.92. The van der Waals surface area contributed by atoms with E-state index in [0.29, 0.717) is 17.1 Å². The van der Waals surface area contributed by atoms with Gasteiger partial charge in [-0.2, -0.15) is 5.26 Å². The van der Waals surface area contributed by atoms with Gasteiger partial charge < -0.3 is 10.5 Å². The van der Waals surface area contributed by atoms with Gasteiger partial charge in [0.05, 0.1) is 11.6 Å². The molecule has 0 radical (unpaired) electrons. The molecule has 96 valence electrons. The first kappa shape index (κ1) is 13.4. The van der Waals surface area contributed by atoms with E-state index in [1.54, 1.807) is 24.4 Å². The van der Waals surface area contributed by atoms with E-state index in [9.17, 15) is 0 Å². The van der Waals surface area contributed by atoms with E-state index in [0.717, 1.165) is 10.0 Å². The number of benzene rings is 1. The molecular weight excluding hydrogens is 306 g/mol. The first-order chi connectivity index (χ1) is 9.10. The molecule has 0 spiro atoms. The van der Waals surface area contributed by atoms with Gasteiger partial charge in [0.15, 0.2) is 11.6 Å². The minimum atomic E-state index is -0.175. The summed E-state index contributed by atoms with van der Waals surface area (Å²) in [6.07, 6.45) is 1.44. The van der Waals surface area contributed by atoms with Crippen molar-refractivity contribution in [3.05, 3.63) is 52.1 Å². The Kier molecular flexibility index (Phi) is 4.03. The molecule has 2 aromatic rings. The number of nitrogens with two attached hydrogens (primary N) is 1. The molecule has 0 aliphatic rings. The van der Waals surface area contributed by atoms with Crippen molar-refractivity contribution in [3.8, 4) is 11.8 Å². The summed E-state index contributed by atoms with van der Waals surface area (Å²) in [5, 5.41) is 8.76. The average Bonchev–Trinajstić information content (AvgIpc) is 2.43. The molecule has 1 aromatic heterocycles. The van der Waals surface area contributed by atoms with Crippen LogP contribution in [-0.2, 0) is 0 Å². The molecule has 0 bridgehead atoms. The Balaban J connectivity index is 2.18. The number of ether oxygens (including phenoxy) is 1. The number of aromatic nitrogens is 1. The number of nitrogens with zero attached hydrogens (tertiary/aromatic N) is 2. The predicted octanol–water partition coefficient (Wildman–Crippen LogP) is 3.44. The third-order valence-corrected chi connectivity index (χ3v) is 3.10. The van der Waals surface area contributed by atoms with Crippen molar-refractivity contribution in [1.29, 1.82) is 5.26 Å². The van der Waals surface area contributed by atoms with E-state index < -0.39 is 0 Å². The fraction of sp³-hybridized carbons (Fsp3) is 0.143. The number of nitrogen functional groups attached to an aromatic ring is 1. The van der Waals surface area contributed by atoms with Gasteiger partial charge >= 0.3 is 0 Å². The van der Waals surface area contributed by atoms with E-state index in [4.69, 9.17) is 15.7 Å². The third kappa shape index (κ3) is 3.24. The number of hydrogen-bond donors (Lipinski definition) is 1. The van der Waals surface area contributed by atoms with Gasteiger partial charge in [-0.15, -0.1) is 0 Å². The van der Waals surface area contributed by atoms with Crippen LogP contribution in [0.2, 0.25) is 0 Å². The SMILES string of the molecule is C[C@@H](Oc1cc(Br)cnc1N)c1ccc(C#N)cc1. The second kappa shape index (κ2) is 5.72. The molecule has 1 heterocycles. The molecule has 4 nitrogen and oxygen atoms in total. The number of pyridine rings is 1. The summed E-state index contributed by atoms with van der Waals surface area (Å²) in [6, 6.07) is 11.1. The third-order valence-electron chi connectivity index (χ3n) is 2.66. The van der Waals surface area contributed by atoms with Crippen LogP contribution in [0.1, 0.15) is 24.2 Å². The molecule has 0 fully saturated rings. The van der Waals surface area contributed by atoms with Crippen LogP contribution in [-0.4, -0.2) is 4.98 Å². The Morgan fingerprint density at radius 1 is 1.37 bits per heavy atom. The monoisotopic (exact) mass is 317 g/mol. The Labute approximate surface area is 120 Å². The first-order valence-corrected chi connectivity index (χ1v) is 6.47. The van der Waals surface area contributed by atoms with Crippen molar-refractivity contribution >= 4 is 21.7 Å². The average molecular weight is 318 g/mol. The molecule has 2 N–H and O–H groups in total. The fourth-order valence-corrected chi connectivity index (χ4v) is 1.92. The highest BCUT2D eigenvalue weighted by molar-refractivity contribution is 9.10. The van der Waals surface area contributed by atoms with E-state index >= 15 is 0 Å². The molecule has 0 aliphatic heterocycles. The number of rotatable bonds is 3. The maximum absolute atomic E-state index is 8.76. The van der Waals surface area contributed by atoms with Gasteiger partial charge in [-0.05, 0) is 46.6 Å². The van der Waals surface area contributed by atoms with Crippen LogP contribution >= 0.6 is 15.9 Å². The molecule has 0 saturated heterocycles. The summed E-state index contributed by atoms with van der Waals surface area (Å²) in [4.78, 5) is 4.02. The number of hydrogen-bond acceptors (Lipinski definition) is 4. The fourth-order valence-electron chi connectivity index (χ4n) is 1.61. The Morgan fingerprint density at radius 3 is 2.68 bits per heavy atom. The van der Waals surface area contributed by atoms with Gasteiger partial charge in [0, 0.05) is 10.7 Å². The molecule has 1 aromatic carbocycles. The van der Waals surface area contributed by atoms with Gasteiger partial charge in [-0.1, -0.05) is 12.1 Å². The molecule has 0 aliphatic carbocycles. The van der Waals surface area contributed by atoms with Crippen molar-refractivity contribution in [3.63, 3.8) is 0 Å². The van der Waals surface area contributed by atoms with Crippen LogP contribution in [0, 0.1) is 11.3 Å². The van der Waals surface area contributed by atoms with Gasteiger partial charge in [0.25, 0.3) is 0 Å². The molecule has 0 saturated carbocycles. The van der Waals surface area contributed by atoms with Gasteiger partial charge in [-0.3, -0.25) is 0 Å². The van der Waals surface area contributed by atoms with Crippen LogP contribution in [0.5, 0.6) is 5.75 Å². The van der Waals surface area contributed by atoms with Crippen LogP contribution in [0.15, 0.2) is 41.0 Å². The Morgan fingerprint density at radius 2 is 2.05 bits per heavy atom. The lowest BCUT2D eigenvalue weighted by Crippen LogP contribution is -2.05. The maximum Gasteiger partial charge on any atom is 0.166 e. The quantitative estimate of drug-likeness (QED) is 0.941. The molecule has 19 heavy (non-hydrogen) atoms. The highest BCUT2D eigenvalue weighted by atomic mass is 79.9. The predicted molar refractivity (Wildman–Crippen MR) is 76.5 cm³/mol. The summed E-state index contributed by atoms with van der Waals surface area (Å²) in [5.74, 6) is 0.884. The van der Waals surface area contributed by atoms with Crippen LogP contribution in [0.4, 0.5) is 5.82 Å². The van der Waals surface area contributed by atoms with Crippen LogP contribution in [0.3, 0.4) is 0 Å². The van der Waals surface area contributed by atoms with Crippen LogP contribution in [0.25, 0.3) is 0 Å². The van der Waals surface area contributed by atoms with Crippen molar-refractivity contribution in [2.75, 3.05) is 5.73 Å². The maximum atomic E-state index is 8.76. The molecular formula is C14H12BrN3O. The Bertz CT molecular complexity index is 620. The van der Waals surface area contributed by atoms with E-state index in [2.05, 4.69) is 27.0 Å².